The zero-order valence-electron chi connectivity index (χ0n) is 14.4. The predicted octanol–water partition coefficient (Wildman–Crippen LogP) is 3.70. The van der Waals surface area contributed by atoms with Crippen LogP contribution in [0.2, 0.25) is 0 Å². The lowest BCUT2D eigenvalue weighted by molar-refractivity contribution is 0.0997. The second-order valence-electron chi connectivity index (χ2n) is 5.75. The molecule has 0 aliphatic heterocycles. The molecule has 0 saturated heterocycles. The summed E-state index contributed by atoms with van der Waals surface area (Å²) in [6.45, 7) is 4.47. The molecule has 1 amide bonds. The molecule has 126 valence electrons. The average molecular weight is 350 g/mol. The van der Waals surface area contributed by atoms with Crippen LogP contribution in [0.25, 0.3) is 10.2 Å². The van der Waals surface area contributed by atoms with Crippen molar-refractivity contribution in [3.63, 3.8) is 0 Å². The molecule has 0 fully saturated rings. The molecular formula is C20H18N2O2S. The van der Waals surface area contributed by atoms with Crippen molar-refractivity contribution in [3.05, 3.63) is 57.9 Å². The second-order valence-corrected chi connectivity index (χ2v) is 6.76. The minimum atomic E-state index is -0.314. The highest BCUT2D eigenvalue weighted by atomic mass is 32.1. The number of thiazole rings is 1. The monoisotopic (exact) mass is 350 g/mol. The van der Waals surface area contributed by atoms with Gasteiger partial charge in [0.1, 0.15) is 5.75 Å². The molecule has 4 nitrogen and oxygen atoms in total. The molecule has 0 saturated carbocycles. The Morgan fingerprint density at radius 2 is 2.12 bits per heavy atom. The van der Waals surface area contributed by atoms with Crippen LogP contribution in [0.5, 0.6) is 5.75 Å². The number of fused-ring (bicyclic) bond motifs is 1. The van der Waals surface area contributed by atoms with Crippen LogP contribution in [0.1, 0.15) is 21.5 Å². The lowest BCUT2D eigenvalue weighted by Crippen LogP contribution is -2.17. The van der Waals surface area contributed by atoms with Crippen LogP contribution in [-0.4, -0.2) is 17.6 Å². The number of aromatic nitrogens is 1. The molecule has 0 aliphatic carbocycles. The van der Waals surface area contributed by atoms with E-state index in [2.05, 4.69) is 30.0 Å². The molecule has 0 aliphatic rings. The van der Waals surface area contributed by atoms with Gasteiger partial charge in [-0.05, 0) is 49.2 Å². The van der Waals surface area contributed by atoms with Crippen molar-refractivity contribution in [2.45, 2.75) is 20.4 Å². The summed E-state index contributed by atoms with van der Waals surface area (Å²) in [7, 11) is 1.57. The van der Waals surface area contributed by atoms with Gasteiger partial charge in [-0.2, -0.15) is 4.99 Å². The molecule has 1 heterocycles. The Morgan fingerprint density at radius 1 is 1.32 bits per heavy atom. The van der Waals surface area contributed by atoms with Gasteiger partial charge in [0, 0.05) is 5.56 Å². The number of hydrogen-bond donors (Lipinski definition) is 0. The number of terminal acetylenes is 1. The van der Waals surface area contributed by atoms with E-state index in [-0.39, 0.29) is 5.91 Å². The topological polar surface area (TPSA) is 43.6 Å². The molecule has 0 spiro atoms. The number of carbonyl (C=O) groups is 1. The third kappa shape index (κ3) is 3.35. The van der Waals surface area contributed by atoms with Crippen molar-refractivity contribution < 1.29 is 9.53 Å². The number of methoxy groups -OCH3 is 1. The minimum Gasteiger partial charge on any atom is -0.497 e. The van der Waals surface area contributed by atoms with Gasteiger partial charge < -0.3 is 9.30 Å². The maximum atomic E-state index is 12.6. The van der Waals surface area contributed by atoms with E-state index in [0.717, 1.165) is 15.8 Å². The summed E-state index contributed by atoms with van der Waals surface area (Å²) in [4.78, 5) is 17.5. The van der Waals surface area contributed by atoms with Gasteiger partial charge in [0.2, 0.25) is 0 Å². The summed E-state index contributed by atoms with van der Waals surface area (Å²) < 4.78 is 8.17. The lowest BCUT2D eigenvalue weighted by Gasteiger charge is -2.04. The van der Waals surface area contributed by atoms with Gasteiger partial charge in [-0.15, -0.1) is 6.42 Å². The summed E-state index contributed by atoms with van der Waals surface area (Å²) in [6.07, 6.45) is 5.53. The molecule has 2 aromatic carbocycles. The van der Waals surface area contributed by atoms with E-state index >= 15 is 0 Å². The highest BCUT2D eigenvalue weighted by molar-refractivity contribution is 7.16. The van der Waals surface area contributed by atoms with Gasteiger partial charge in [0.15, 0.2) is 4.80 Å². The Kier molecular flexibility index (Phi) is 4.73. The fourth-order valence-corrected chi connectivity index (χ4v) is 4.03. The molecule has 0 unspecified atom stereocenters. The van der Waals surface area contributed by atoms with Gasteiger partial charge in [-0.3, -0.25) is 4.79 Å². The SMILES string of the molecule is C#CCn1c(=NC(=O)c2cccc(OC)c2)sc2cc(C)cc(C)c21. The van der Waals surface area contributed by atoms with Crippen molar-refractivity contribution in [3.8, 4) is 18.1 Å². The lowest BCUT2D eigenvalue weighted by atomic mass is 10.1. The fraction of sp³-hybridized carbons (Fsp3) is 0.200. The third-order valence-corrected chi connectivity index (χ3v) is 4.90. The van der Waals surface area contributed by atoms with Crippen LogP contribution in [0.4, 0.5) is 0 Å². The minimum absolute atomic E-state index is 0.314. The van der Waals surface area contributed by atoms with Gasteiger partial charge >= 0.3 is 0 Å². The van der Waals surface area contributed by atoms with Crippen molar-refractivity contribution in [2.75, 3.05) is 7.11 Å². The summed E-state index contributed by atoms with van der Waals surface area (Å²) in [5.74, 6) is 2.97. The number of benzene rings is 2. The zero-order valence-corrected chi connectivity index (χ0v) is 15.2. The average Bonchev–Trinajstić information content (AvgIpc) is 2.92. The van der Waals surface area contributed by atoms with Gasteiger partial charge in [-0.25, -0.2) is 0 Å². The second kappa shape index (κ2) is 6.96. The van der Waals surface area contributed by atoms with Gasteiger partial charge in [0.25, 0.3) is 5.91 Å². The van der Waals surface area contributed by atoms with Gasteiger partial charge in [-0.1, -0.05) is 29.4 Å². The number of amides is 1. The van der Waals surface area contributed by atoms with E-state index in [4.69, 9.17) is 11.2 Å². The molecule has 3 rings (SSSR count). The highest BCUT2D eigenvalue weighted by Gasteiger charge is 2.11. The quantitative estimate of drug-likeness (QED) is 0.676. The fourth-order valence-electron chi connectivity index (χ4n) is 2.82. The largest absolute Gasteiger partial charge is 0.497 e. The van der Waals surface area contributed by atoms with Gasteiger partial charge in [0.05, 0.1) is 23.9 Å². The Bertz CT molecular complexity index is 1070. The molecule has 0 atom stereocenters. The van der Waals surface area contributed by atoms with Crippen LogP contribution in [0.15, 0.2) is 41.4 Å². The number of ether oxygens (including phenoxy) is 1. The van der Waals surface area contributed by atoms with Crippen LogP contribution in [-0.2, 0) is 6.54 Å². The molecule has 25 heavy (non-hydrogen) atoms. The molecule has 0 bridgehead atoms. The Labute approximate surface area is 150 Å². The highest BCUT2D eigenvalue weighted by Crippen LogP contribution is 2.23. The number of aryl methyl sites for hydroxylation is 2. The van der Waals surface area contributed by atoms with Crippen LogP contribution < -0.4 is 9.54 Å². The maximum Gasteiger partial charge on any atom is 0.279 e. The molecule has 0 N–H and O–H groups in total. The molecule has 0 radical (unpaired) electrons. The molecule has 1 aromatic heterocycles. The van der Waals surface area contributed by atoms with E-state index < -0.39 is 0 Å². The van der Waals surface area contributed by atoms with Crippen LogP contribution >= 0.6 is 11.3 Å². The van der Waals surface area contributed by atoms with Crippen molar-refractivity contribution in [2.24, 2.45) is 4.99 Å². The van der Waals surface area contributed by atoms with E-state index in [9.17, 15) is 4.79 Å². The van der Waals surface area contributed by atoms with Crippen molar-refractivity contribution >= 4 is 27.5 Å². The Morgan fingerprint density at radius 3 is 2.84 bits per heavy atom. The predicted molar refractivity (Wildman–Crippen MR) is 101 cm³/mol. The van der Waals surface area contributed by atoms with Crippen LogP contribution in [0, 0.1) is 26.2 Å². The molecule has 3 aromatic rings. The Balaban J connectivity index is 2.18. The normalized spacial score (nSPS) is 11.5. The summed E-state index contributed by atoms with van der Waals surface area (Å²) >= 11 is 1.47. The summed E-state index contributed by atoms with van der Waals surface area (Å²) in [6, 6.07) is 11.2. The van der Waals surface area contributed by atoms with E-state index in [1.165, 1.54) is 16.9 Å². The standard InChI is InChI=1S/C20H18N2O2S/c1-5-9-22-18-14(3)10-13(2)11-17(18)25-20(22)21-19(23)15-7-6-8-16(12-15)24-4/h1,6-8,10-12H,9H2,2-4H3. The third-order valence-electron chi connectivity index (χ3n) is 3.88. The van der Waals surface area contributed by atoms with Crippen LogP contribution in [0.3, 0.4) is 0 Å². The first kappa shape index (κ1) is 17.0. The molecular weight excluding hydrogens is 332 g/mol. The number of rotatable bonds is 3. The van der Waals surface area contributed by atoms with Crippen molar-refractivity contribution in [1.29, 1.82) is 0 Å². The number of carbonyl (C=O) groups excluding carboxylic acids is 1. The first-order valence-corrected chi connectivity index (χ1v) is 8.62. The van der Waals surface area contributed by atoms with E-state index in [0.29, 0.717) is 22.7 Å². The number of hydrogen-bond acceptors (Lipinski definition) is 3. The zero-order chi connectivity index (χ0) is 18.0. The summed E-state index contributed by atoms with van der Waals surface area (Å²) in [5, 5.41) is 0. The van der Waals surface area contributed by atoms with Crippen molar-refractivity contribution in [1.82, 2.24) is 4.57 Å². The van der Waals surface area contributed by atoms with E-state index in [1.54, 1.807) is 31.4 Å². The first-order chi connectivity index (χ1) is 12.0. The Hall–Kier alpha value is -2.84. The molecule has 5 heteroatoms. The smallest absolute Gasteiger partial charge is 0.279 e. The number of nitrogens with zero attached hydrogens (tertiary/aromatic N) is 2. The summed E-state index contributed by atoms with van der Waals surface area (Å²) in [5.41, 5.74) is 3.81. The van der Waals surface area contributed by atoms with E-state index in [1.807, 2.05) is 11.5 Å². The maximum absolute atomic E-state index is 12.6. The first-order valence-electron chi connectivity index (χ1n) is 7.80.